The van der Waals surface area contributed by atoms with Gasteiger partial charge in [0.1, 0.15) is 0 Å². The van der Waals surface area contributed by atoms with Crippen LogP contribution in [0.4, 0.5) is 0 Å². The van der Waals surface area contributed by atoms with Crippen molar-refractivity contribution in [3.05, 3.63) is 22.4 Å². The van der Waals surface area contributed by atoms with Crippen LogP contribution in [0.5, 0.6) is 0 Å². The van der Waals surface area contributed by atoms with Crippen molar-refractivity contribution in [2.24, 2.45) is 0 Å². The smallest absolute Gasteiger partial charge is 0.228 e. The lowest BCUT2D eigenvalue weighted by molar-refractivity contribution is -0.131. The lowest BCUT2D eigenvalue weighted by Gasteiger charge is -2.26. The molecule has 0 bridgehead atoms. The fourth-order valence-corrected chi connectivity index (χ4v) is 4.35. The van der Waals surface area contributed by atoms with Crippen LogP contribution in [0.15, 0.2) is 17.5 Å². The molecule has 0 radical (unpaired) electrons. The molecule has 1 aromatic heterocycles. The molecule has 5 heteroatoms. The van der Waals surface area contributed by atoms with E-state index in [-0.39, 0.29) is 0 Å². The molecule has 3 heterocycles. The number of hydrogen-bond donors (Lipinski definition) is 0. The van der Waals surface area contributed by atoms with Gasteiger partial charge in [-0.2, -0.15) is 0 Å². The van der Waals surface area contributed by atoms with E-state index in [2.05, 4.69) is 34.9 Å². The molecule has 4 nitrogen and oxygen atoms in total. The van der Waals surface area contributed by atoms with E-state index in [1.807, 2.05) is 11.4 Å². The first kappa shape index (κ1) is 15.0. The first-order valence-electron chi connectivity index (χ1n) is 7.86. The van der Waals surface area contributed by atoms with Gasteiger partial charge in [0.15, 0.2) is 0 Å². The summed E-state index contributed by atoms with van der Waals surface area (Å²) in [5.74, 6) is 0.319. The van der Waals surface area contributed by atoms with Crippen LogP contribution in [0, 0.1) is 0 Å². The summed E-state index contributed by atoms with van der Waals surface area (Å²) in [5.41, 5.74) is 0. The van der Waals surface area contributed by atoms with Gasteiger partial charge in [-0.1, -0.05) is 6.07 Å². The second kappa shape index (κ2) is 6.46. The Morgan fingerprint density at radius 2 is 2.14 bits per heavy atom. The molecule has 3 rings (SSSR count). The van der Waals surface area contributed by atoms with Crippen LogP contribution in [0.3, 0.4) is 0 Å². The van der Waals surface area contributed by atoms with E-state index in [9.17, 15) is 4.79 Å². The molecule has 2 aliphatic heterocycles. The standard InChI is InChI=1S/C16H25N3OS/c1-17(2)9-10-18-7-5-15-14(18)6-8-19(15)16(20)12-13-4-3-11-21-13/h3-4,11,14-15H,5-10,12H2,1-2H3/t14-,15+/m1/s1. The van der Waals surface area contributed by atoms with Gasteiger partial charge in [0.05, 0.1) is 6.42 Å². The highest BCUT2D eigenvalue weighted by molar-refractivity contribution is 7.10. The Balaban J connectivity index is 1.57. The Kier molecular flexibility index (Phi) is 4.62. The van der Waals surface area contributed by atoms with Crippen LogP contribution in [-0.2, 0) is 11.2 Å². The number of hydrogen-bond acceptors (Lipinski definition) is 4. The van der Waals surface area contributed by atoms with Gasteiger partial charge >= 0.3 is 0 Å². The number of thiophene rings is 1. The minimum atomic E-state index is 0.319. The Morgan fingerprint density at radius 1 is 1.33 bits per heavy atom. The Bertz CT molecular complexity index is 474. The molecule has 0 aromatic carbocycles. The molecule has 116 valence electrons. The van der Waals surface area contributed by atoms with E-state index in [0.29, 0.717) is 24.4 Å². The van der Waals surface area contributed by atoms with Crippen LogP contribution in [0.2, 0.25) is 0 Å². The first-order valence-corrected chi connectivity index (χ1v) is 8.74. The Labute approximate surface area is 131 Å². The lowest BCUT2D eigenvalue weighted by Crippen LogP contribution is -2.41. The summed E-state index contributed by atoms with van der Waals surface area (Å²) >= 11 is 1.68. The Morgan fingerprint density at radius 3 is 2.86 bits per heavy atom. The topological polar surface area (TPSA) is 26.8 Å². The van der Waals surface area contributed by atoms with E-state index in [0.717, 1.165) is 39.0 Å². The average Bonchev–Trinajstić information content (AvgIpc) is 3.13. The molecular weight excluding hydrogens is 282 g/mol. The maximum absolute atomic E-state index is 12.5. The number of rotatable bonds is 5. The van der Waals surface area contributed by atoms with E-state index >= 15 is 0 Å². The minimum absolute atomic E-state index is 0.319. The van der Waals surface area contributed by atoms with Gasteiger partial charge in [-0.25, -0.2) is 0 Å². The van der Waals surface area contributed by atoms with E-state index < -0.39 is 0 Å². The second-order valence-corrected chi connectivity index (χ2v) is 7.43. The summed E-state index contributed by atoms with van der Waals surface area (Å²) in [6.07, 6.45) is 2.88. The van der Waals surface area contributed by atoms with E-state index in [1.54, 1.807) is 11.3 Å². The van der Waals surface area contributed by atoms with Crippen LogP contribution < -0.4 is 0 Å². The maximum atomic E-state index is 12.5. The van der Waals surface area contributed by atoms with Crippen molar-refractivity contribution in [3.8, 4) is 0 Å². The van der Waals surface area contributed by atoms with Crippen molar-refractivity contribution in [2.45, 2.75) is 31.3 Å². The van der Waals surface area contributed by atoms with Crippen molar-refractivity contribution in [3.63, 3.8) is 0 Å². The summed E-state index contributed by atoms with van der Waals surface area (Å²) in [5, 5.41) is 2.05. The van der Waals surface area contributed by atoms with E-state index in [4.69, 9.17) is 0 Å². The largest absolute Gasteiger partial charge is 0.338 e. The van der Waals surface area contributed by atoms with Gasteiger partial charge in [-0.3, -0.25) is 9.69 Å². The molecule has 2 fully saturated rings. The zero-order valence-corrected chi connectivity index (χ0v) is 13.8. The molecule has 0 spiro atoms. The van der Waals surface area contributed by atoms with Crippen LogP contribution in [-0.4, -0.2) is 73.0 Å². The van der Waals surface area contributed by atoms with E-state index in [1.165, 1.54) is 4.88 Å². The molecule has 0 saturated carbocycles. The van der Waals surface area contributed by atoms with Crippen LogP contribution in [0.1, 0.15) is 17.7 Å². The summed E-state index contributed by atoms with van der Waals surface area (Å²) in [7, 11) is 4.25. The van der Waals surface area contributed by atoms with Gasteiger partial charge in [0.25, 0.3) is 0 Å². The molecule has 21 heavy (non-hydrogen) atoms. The highest BCUT2D eigenvalue weighted by Gasteiger charge is 2.43. The third-order valence-electron chi connectivity index (χ3n) is 4.75. The van der Waals surface area contributed by atoms with Gasteiger partial charge in [0.2, 0.25) is 5.91 Å². The van der Waals surface area contributed by atoms with Crippen LogP contribution in [0.25, 0.3) is 0 Å². The number of nitrogens with zero attached hydrogens (tertiary/aromatic N) is 3. The second-order valence-electron chi connectivity index (χ2n) is 6.39. The number of carbonyl (C=O) groups excluding carboxylic acids is 1. The normalized spacial score (nSPS) is 25.8. The molecule has 2 atom stereocenters. The van der Waals surface area contributed by atoms with Crippen molar-refractivity contribution < 1.29 is 4.79 Å². The van der Waals surface area contributed by atoms with Gasteiger partial charge in [0, 0.05) is 43.1 Å². The number of likely N-dealkylation sites (tertiary alicyclic amines) is 2. The fourth-order valence-electron chi connectivity index (χ4n) is 3.65. The third-order valence-corrected chi connectivity index (χ3v) is 5.63. The molecule has 0 unspecified atom stereocenters. The summed E-state index contributed by atoms with van der Waals surface area (Å²) in [4.78, 5) is 20.7. The van der Waals surface area contributed by atoms with Crippen molar-refractivity contribution in [2.75, 3.05) is 40.3 Å². The zero-order valence-electron chi connectivity index (χ0n) is 13.0. The minimum Gasteiger partial charge on any atom is -0.338 e. The van der Waals surface area contributed by atoms with Gasteiger partial charge in [-0.05, 0) is 38.4 Å². The summed E-state index contributed by atoms with van der Waals surface area (Å²) < 4.78 is 0. The van der Waals surface area contributed by atoms with Crippen LogP contribution >= 0.6 is 11.3 Å². The highest BCUT2D eigenvalue weighted by atomic mass is 32.1. The molecule has 2 saturated heterocycles. The molecule has 1 amide bonds. The number of amides is 1. The molecule has 1 aromatic rings. The van der Waals surface area contributed by atoms with Gasteiger partial charge < -0.3 is 9.80 Å². The fraction of sp³-hybridized carbons (Fsp3) is 0.688. The molecule has 0 aliphatic carbocycles. The summed E-state index contributed by atoms with van der Waals surface area (Å²) in [6.45, 7) is 4.32. The quantitative estimate of drug-likeness (QED) is 0.825. The first-order chi connectivity index (χ1) is 10.1. The van der Waals surface area contributed by atoms with Crippen molar-refractivity contribution in [1.29, 1.82) is 0 Å². The number of fused-ring (bicyclic) bond motifs is 1. The Hall–Kier alpha value is -0.910. The third kappa shape index (κ3) is 3.30. The predicted molar refractivity (Wildman–Crippen MR) is 86.7 cm³/mol. The lowest BCUT2D eigenvalue weighted by atomic mass is 10.1. The number of likely N-dealkylation sites (N-methyl/N-ethyl adjacent to an activating group) is 1. The maximum Gasteiger partial charge on any atom is 0.228 e. The monoisotopic (exact) mass is 307 g/mol. The zero-order chi connectivity index (χ0) is 14.8. The summed E-state index contributed by atoms with van der Waals surface area (Å²) in [6, 6.07) is 5.14. The van der Waals surface area contributed by atoms with Crippen molar-refractivity contribution in [1.82, 2.24) is 14.7 Å². The number of carbonyl (C=O) groups is 1. The highest BCUT2D eigenvalue weighted by Crippen LogP contribution is 2.32. The average molecular weight is 307 g/mol. The molecular formula is C16H25N3OS. The SMILES string of the molecule is CN(C)CCN1CC[C@H]2[C@H]1CCN2C(=O)Cc1cccs1. The predicted octanol–water partition coefficient (Wildman–Crippen LogP) is 1.53. The van der Waals surface area contributed by atoms with Gasteiger partial charge in [-0.15, -0.1) is 11.3 Å². The van der Waals surface area contributed by atoms with Crippen molar-refractivity contribution >= 4 is 17.2 Å². The molecule has 0 N–H and O–H groups in total. The molecule has 2 aliphatic rings.